The second-order valence-electron chi connectivity index (χ2n) is 6.88. The lowest BCUT2D eigenvalue weighted by molar-refractivity contribution is -0.118. The molecule has 1 aliphatic heterocycles. The number of amides is 1. The highest BCUT2D eigenvalue weighted by molar-refractivity contribution is 8.00. The zero-order valence-electron chi connectivity index (χ0n) is 17.0. The maximum Gasteiger partial charge on any atom is 0.230 e. The Bertz CT molecular complexity index is 989. The number of carbonyl (C=O) groups excluding carboxylic acids is 1. The van der Waals surface area contributed by atoms with Gasteiger partial charge in [0.2, 0.25) is 5.91 Å². The zero-order valence-corrected chi connectivity index (χ0v) is 18.6. The number of anilines is 1. The molecule has 30 heavy (non-hydrogen) atoms. The molecule has 1 saturated heterocycles. The third-order valence-corrected chi connectivity index (χ3v) is 6.54. The van der Waals surface area contributed by atoms with E-state index in [1.54, 1.807) is 24.2 Å². The van der Waals surface area contributed by atoms with Crippen LogP contribution in [-0.2, 0) is 11.3 Å². The van der Waals surface area contributed by atoms with Gasteiger partial charge in [-0.15, -0.1) is 11.8 Å². The molecule has 0 spiro atoms. The summed E-state index contributed by atoms with van der Waals surface area (Å²) in [4.78, 5) is 29.0. The first-order valence-corrected chi connectivity index (χ1v) is 12.1. The van der Waals surface area contributed by atoms with Crippen molar-refractivity contribution in [3.05, 3.63) is 30.7 Å². The molecule has 1 amide bonds. The van der Waals surface area contributed by atoms with Crippen LogP contribution in [0.5, 0.6) is 0 Å². The Balaban J connectivity index is 1.40. The van der Waals surface area contributed by atoms with Crippen molar-refractivity contribution < 1.29 is 4.79 Å². The van der Waals surface area contributed by atoms with Crippen molar-refractivity contribution in [3.8, 4) is 0 Å². The van der Waals surface area contributed by atoms with E-state index in [-0.39, 0.29) is 5.91 Å². The number of hydrogen-bond donors (Lipinski definition) is 1. The topological polar surface area (TPSA) is 88.8 Å². The standard InChI is InChI=1S/C20H25N7OS2/c1-2-29-20-24-18(26-10-3-4-11-26)16-13-23-27(19(16)25-20)12-9-22-17(28)14-30-15-5-7-21-8-6-15/h5-8,13H,2-4,9-12,14H2,1H3,(H,22,28). The third-order valence-electron chi connectivity index (χ3n) is 4.80. The van der Waals surface area contributed by atoms with Crippen molar-refractivity contribution >= 4 is 46.3 Å². The number of aromatic nitrogens is 5. The molecule has 0 bridgehead atoms. The van der Waals surface area contributed by atoms with E-state index in [9.17, 15) is 4.79 Å². The number of rotatable bonds is 9. The van der Waals surface area contributed by atoms with Crippen LogP contribution in [0.15, 0.2) is 40.8 Å². The van der Waals surface area contributed by atoms with Crippen molar-refractivity contribution in [2.24, 2.45) is 0 Å². The number of hydrogen-bond acceptors (Lipinski definition) is 8. The minimum absolute atomic E-state index is 0.00267. The lowest BCUT2D eigenvalue weighted by atomic mass is 10.3. The molecule has 4 rings (SSSR count). The van der Waals surface area contributed by atoms with Gasteiger partial charge in [-0.1, -0.05) is 18.7 Å². The van der Waals surface area contributed by atoms with Crippen LogP contribution in [0.2, 0.25) is 0 Å². The molecule has 10 heteroatoms. The number of carbonyl (C=O) groups is 1. The van der Waals surface area contributed by atoms with Gasteiger partial charge in [-0.3, -0.25) is 9.78 Å². The maximum atomic E-state index is 12.2. The molecule has 0 unspecified atom stereocenters. The molecule has 0 aromatic carbocycles. The Morgan fingerprint density at radius 2 is 1.97 bits per heavy atom. The van der Waals surface area contributed by atoms with Crippen LogP contribution < -0.4 is 10.2 Å². The second-order valence-corrected chi connectivity index (χ2v) is 9.16. The second kappa shape index (κ2) is 10.1. The Morgan fingerprint density at radius 1 is 1.17 bits per heavy atom. The van der Waals surface area contributed by atoms with Gasteiger partial charge in [-0.25, -0.2) is 14.6 Å². The fraction of sp³-hybridized carbons (Fsp3) is 0.450. The third kappa shape index (κ3) is 5.04. The Labute approximate surface area is 184 Å². The minimum Gasteiger partial charge on any atom is -0.356 e. The minimum atomic E-state index is 0.00267. The normalized spacial score (nSPS) is 13.8. The molecule has 0 radical (unpaired) electrons. The molecule has 1 aliphatic rings. The molecular formula is C20H25N7OS2. The molecule has 1 N–H and O–H groups in total. The monoisotopic (exact) mass is 443 g/mol. The van der Waals surface area contributed by atoms with Crippen LogP contribution in [0.1, 0.15) is 19.8 Å². The molecule has 158 valence electrons. The van der Waals surface area contributed by atoms with Gasteiger partial charge in [-0.2, -0.15) is 5.10 Å². The van der Waals surface area contributed by atoms with Crippen molar-refractivity contribution in [2.75, 3.05) is 36.0 Å². The van der Waals surface area contributed by atoms with E-state index >= 15 is 0 Å². The Kier molecular flexibility index (Phi) is 7.06. The van der Waals surface area contributed by atoms with Crippen LogP contribution in [0.4, 0.5) is 5.82 Å². The van der Waals surface area contributed by atoms with Gasteiger partial charge in [0.05, 0.1) is 23.9 Å². The van der Waals surface area contributed by atoms with Crippen molar-refractivity contribution in [1.29, 1.82) is 0 Å². The summed E-state index contributed by atoms with van der Waals surface area (Å²) in [6.45, 7) is 5.23. The average molecular weight is 444 g/mol. The van der Waals surface area contributed by atoms with Crippen LogP contribution in [-0.4, -0.2) is 61.8 Å². The largest absolute Gasteiger partial charge is 0.356 e. The molecule has 0 aliphatic carbocycles. The lowest BCUT2D eigenvalue weighted by Gasteiger charge is -2.17. The van der Waals surface area contributed by atoms with Crippen molar-refractivity contribution in [2.45, 2.75) is 36.4 Å². The maximum absolute atomic E-state index is 12.2. The van der Waals surface area contributed by atoms with Gasteiger partial charge >= 0.3 is 0 Å². The molecule has 4 heterocycles. The SMILES string of the molecule is CCSc1nc(N2CCCC2)c2cnn(CCNC(=O)CSc3ccncc3)c2n1. The summed E-state index contributed by atoms with van der Waals surface area (Å²) < 4.78 is 1.87. The Hall–Kier alpha value is -2.33. The van der Waals surface area contributed by atoms with Crippen LogP contribution in [0.3, 0.4) is 0 Å². The van der Waals surface area contributed by atoms with E-state index in [0.717, 1.165) is 45.7 Å². The van der Waals surface area contributed by atoms with Crippen molar-refractivity contribution in [1.82, 2.24) is 30.0 Å². The van der Waals surface area contributed by atoms with E-state index in [4.69, 9.17) is 9.97 Å². The molecule has 3 aromatic rings. The Morgan fingerprint density at radius 3 is 2.73 bits per heavy atom. The fourth-order valence-electron chi connectivity index (χ4n) is 3.38. The highest BCUT2D eigenvalue weighted by Crippen LogP contribution is 2.29. The summed E-state index contributed by atoms with van der Waals surface area (Å²) in [7, 11) is 0. The fourth-order valence-corrected chi connectivity index (χ4v) is 4.66. The van der Waals surface area contributed by atoms with Crippen LogP contribution in [0.25, 0.3) is 11.0 Å². The van der Waals surface area contributed by atoms with Crippen LogP contribution in [0, 0.1) is 0 Å². The van der Waals surface area contributed by atoms with Gasteiger partial charge in [0, 0.05) is 36.9 Å². The molecule has 3 aromatic heterocycles. The summed E-state index contributed by atoms with van der Waals surface area (Å²) in [5.74, 6) is 2.28. The average Bonchev–Trinajstić information content (AvgIpc) is 3.43. The highest BCUT2D eigenvalue weighted by Gasteiger charge is 2.20. The highest BCUT2D eigenvalue weighted by atomic mass is 32.2. The first kappa shape index (κ1) is 20.9. The lowest BCUT2D eigenvalue weighted by Crippen LogP contribution is -2.29. The summed E-state index contributed by atoms with van der Waals surface area (Å²) in [6, 6.07) is 3.80. The zero-order chi connectivity index (χ0) is 20.8. The smallest absolute Gasteiger partial charge is 0.230 e. The number of thioether (sulfide) groups is 2. The summed E-state index contributed by atoms with van der Waals surface area (Å²) in [5, 5.41) is 9.27. The van der Waals surface area contributed by atoms with E-state index in [0.29, 0.717) is 18.8 Å². The quantitative estimate of drug-likeness (QED) is 0.399. The van der Waals surface area contributed by atoms with Gasteiger partial charge in [-0.05, 0) is 30.7 Å². The van der Waals surface area contributed by atoms with Gasteiger partial charge in [0.25, 0.3) is 0 Å². The predicted octanol–water partition coefficient (Wildman–Crippen LogP) is 2.84. The number of nitrogens with zero attached hydrogens (tertiary/aromatic N) is 6. The molecule has 8 nitrogen and oxygen atoms in total. The number of pyridine rings is 1. The molecular weight excluding hydrogens is 418 g/mol. The van der Waals surface area contributed by atoms with E-state index < -0.39 is 0 Å². The summed E-state index contributed by atoms with van der Waals surface area (Å²) in [5.41, 5.74) is 0.836. The first-order valence-electron chi connectivity index (χ1n) is 10.2. The molecule has 0 saturated carbocycles. The van der Waals surface area contributed by atoms with Gasteiger partial charge < -0.3 is 10.2 Å². The number of fused-ring (bicyclic) bond motifs is 1. The number of nitrogens with one attached hydrogen (secondary N) is 1. The van der Waals surface area contributed by atoms with E-state index in [2.05, 4.69) is 27.2 Å². The first-order chi connectivity index (χ1) is 14.7. The molecule has 0 atom stereocenters. The van der Waals surface area contributed by atoms with Gasteiger partial charge in [0.15, 0.2) is 10.8 Å². The predicted molar refractivity (Wildman–Crippen MR) is 121 cm³/mol. The molecule has 1 fully saturated rings. The summed E-state index contributed by atoms with van der Waals surface area (Å²) in [6.07, 6.45) is 7.70. The van der Waals surface area contributed by atoms with E-state index in [1.165, 1.54) is 24.6 Å². The van der Waals surface area contributed by atoms with Gasteiger partial charge in [0.1, 0.15) is 5.82 Å². The van der Waals surface area contributed by atoms with Crippen molar-refractivity contribution in [3.63, 3.8) is 0 Å². The van der Waals surface area contributed by atoms with Crippen LogP contribution >= 0.6 is 23.5 Å². The summed E-state index contributed by atoms with van der Waals surface area (Å²) >= 11 is 3.14. The van der Waals surface area contributed by atoms with E-state index in [1.807, 2.05) is 23.0 Å².